The molecule has 0 saturated carbocycles. The number of esters is 3. The van der Waals surface area contributed by atoms with Crippen molar-refractivity contribution in [2.45, 2.75) is 303 Å². The Balaban J connectivity index is 4.38. The number of carbonyl (C=O) groups is 3. The van der Waals surface area contributed by atoms with E-state index in [1.165, 1.54) is 180 Å². The van der Waals surface area contributed by atoms with E-state index in [4.69, 9.17) is 14.2 Å². The van der Waals surface area contributed by atoms with Gasteiger partial charge in [0.1, 0.15) is 13.2 Å². The Kier molecular flexibility index (Phi) is 51.3. The molecule has 374 valence electrons. The van der Waals surface area contributed by atoms with Crippen LogP contribution in [-0.2, 0) is 28.6 Å². The Morgan fingerprint density at radius 3 is 0.891 bits per heavy atom. The standard InChI is InChI=1S/C58H106O6/c1-4-7-10-13-16-19-22-25-27-29-30-32-33-36-39-42-45-48-51-57(60)63-54-55(53-62-56(59)50-47-44-41-38-35-24-21-18-15-12-9-6-3)64-58(61)52-49-46-43-40-37-34-31-28-26-23-20-17-14-11-8-5-2/h28,30-32,34,37,55H,4-27,29,33,35-36,38-54H2,1-3H3/b31-28-,32-30-,37-34-. The molecule has 6 nitrogen and oxygen atoms in total. The lowest BCUT2D eigenvalue weighted by Crippen LogP contribution is -2.30. The number of unbranched alkanes of at least 4 members (excludes halogenated alkanes) is 35. The first-order valence-electron chi connectivity index (χ1n) is 28.0. The molecule has 0 aromatic rings. The van der Waals surface area contributed by atoms with Gasteiger partial charge in [0.25, 0.3) is 0 Å². The van der Waals surface area contributed by atoms with Gasteiger partial charge in [0.2, 0.25) is 0 Å². The van der Waals surface area contributed by atoms with Crippen LogP contribution in [-0.4, -0.2) is 37.2 Å². The van der Waals surface area contributed by atoms with Crippen molar-refractivity contribution in [1.82, 2.24) is 0 Å². The van der Waals surface area contributed by atoms with Crippen LogP contribution in [0.25, 0.3) is 0 Å². The Morgan fingerprint density at radius 1 is 0.312 bits per heavy atom. The second kappa shape index (κ2) is 53.2. The Morgan fingerprint density at radius 2 is 0.562 bits per heavy atom. The van der Waals surface area contributed by atoms with E-state index in [1.54, 1.807) is 0 Å². The van der Waals surface area contributed by atoms with Crippen LogP contribution >= 0.6 is 0 Å². The fourth-order valence-corrected chi connectivity index (χ4v) is 8.14. The molecule has 0 saturated heterocycles. The first-order chi connectivity index (χ1) is 31.5. The zero-order valence-corrected chi connectivity index (χ0v) is 42.8. The minimum atomic E-state index is -0.786. The van der Waals surface area contributed by atoms with Crippen molar-refractivity contribution in [3.8, 4) is 0 Å². The summed E-state index contributed by atoms with van der Waals surface area (Å²) >= 11 is 0. The first-order valence-corrected chi connectivity index (χ1v) is 28.0. The van der Waals surface area contributed by atoms with Gasteiger partial charge in [0.05, 0.1) is 0 Å². The lowest BCUT2D eigenvalue weighted by Gasteiger charge is -2.18. The monoisotopic (exact) mass is 899 g/mol. The maximum atomic E-state index is 12.8. The van der Waals surface area contributed by atoms with Gasteiger partial charge in [0.15, 0.2) is 6.10 Å². The summed E-state index contributed by atoms with van der Waals surface area (Å²) in [5, 5.41) is 0. The van der Waals surface area contributed by atoms with E-state index in [9.17, 15) is 14.4 Å². The average Bonchev–Trinajstić information content (AvgIpc) is 3.29. The van der Waals surface area contributed by atoms with Crippen LogP contribution in [0.15, 0.2) is 36.5 Å². The quantitative estimate of drug-likeness (QED) is 0.0199. The summed E-state index contributed by atoms with van der Waals surface area (Å²) in [5.41, 5.74) is 0. The van der Waals surface area contributed by atoms with Gasteiger partial charge in [-0.2, -0.15) is 0 Å². The lowest BCUT2D eigenvalue weighted by atomic mass is 10.0. The van der Waals surface area contributed by atoms with Crippen molar-refractivity contribution >= 4 is 17.9 Å². The molecule has 0 bridgehead atoms. The normalized spacial score (nSPS) is 12.2. The molecular formula is C58H106O6. The van der Waals surface area contributed by atoms with Gasteiger partial charge < -0.3 is 14.2 Å². The Labute approximate surface area is 397 Å². The van der Waals surface area contributed by atoms with E-state index in [-0.39, 0.29) is 31.1 Å². The number of hydrogen-bond acceptors (Lipinski definition) is 6. The molecule has 64 heavy (non-hydrogen) atoms. The van der Waals surface area contributed by atoms with Gasteiger partial charge in [0, 0.05) is 19.3 Å². The predicted molar refractivity (Wildman–Crippen MR) is 275 cm³/mol. The minimum Gasteiger partial charge on any atom is -0.462 e. The molecule has 0 heterocycles. The summed E-state index contributed by atoms with van der Waals surface area (Å²) in [6.07, 6.45) is 62.8. The molecule has 1 unspecified atom stereocenters. The highest BCUT2D eigenvalue weighted by atomic mass is 16.6. The van der Waals surface area contributed by atoms with Crippen LogP contribution in [0, 0.1) is 0 Å². The van der Waals surface area contributed by atoms with Crippen LogP contribution in [0.1, 0.15) is 297 Å². The molecule has 0 aliphatic heterocycles. The van der Waals surface area contributed by atoms with Crippen LogP contribution in [0.5, 0.6) is 0 Å². The second-order valence-corrected chi connectivity index (χ2v) is 18.9. The zero-order valence-electron chi connectivity index (χ0n) is 42.8. The molecule has 0 rings (SSSR count). The minimum absolute atomic E-state index is 0.0823. The van der Waals surface area contributed by atoms with E-state index >= 15 is 0 Å². The molecule has 0 radical (unpaired) electrons. The van der Waals surface area contributed by atoms with Crippen LogP contribution in [0.4, 0.5) is 0 Å². The van der Waals surface area contributed by atoms with Gasteiger partial charge in [-0.1, -0.05) is 243 Å². The maximum absolute atomic E-state index is 12.8. The zero-order chi connectivity index (χ0) is 46.5. The first kappa shape index (κ1) is 61.6. The van der Waals surface area contributed by atoms with Crippen molar-refractivity contribution < 1.29 is 28.6 Å². The van der Waals surface area contributed by atoms with Gasteiger partial charge in [-0.3, -0.25) is 14.4 Å². The SMILES string of the molecule is CCCCCCCCC/C=C\C=C/CCCCCC(=O)OC(COC(=O)CCCCCCC/C=C\CCCCCCCCCCC)COC(=O)CCCCCCCCCCCCCC. The summed E-state index contributed by atoms with van der Waals surface area (Å²) in [6.45, 7) is 6.63. The Bertz CT molecular complexity index is 1080. The van der Waals surface area contributed by atoms with E-state index in [2.05, 4.69) is 57.2 Å². The highest BCUT2D eigenvalue weighted by Gasteiger charge is 2.19. The molecule has 1 atom stereocenters. The molecule has 0 N–H and O–H groups in total. The predicted octanol–water partition coefficient (Wildman–Crippen LogP) is 18.5. The summed E-state index contributed by atoms with van der Waals surface area (Å²) in [6, 6.07) is 0. The van der Waals surface area contributed by atoms with E-state index in [1.807, 2.05) is 0 Å². The highest BCUT2D eigenvalue weighted by Crippen LogP contribution is 2.15. The third kappa shape index (κ3) is 50.6. The molecule has 0 amide bonds. The van der Waals surface area contributed by atoms with Gasteiger partial charge in [-0.05, 0) is 70.6 Å². The van der Waals surface area contributed by atoms with Crippen molar-refractivity contribution in [3.63, 3.8) is 0 Å². The number of carbonyl (C=O) groups excluding carboxylic acids is 3. The molecular weight excluding hydrogens is 793 g/mol. The third-order valence-corrected chi connectivity index (χ3v) is 12.4. The molecule has 0 fully saturated rings. The third-order valence-electron chi connectivity index (χ3n) is 12.4. The highest BCUT2D eigenvalue weighted by molar-refractivity contribution is 5.71. The van der Waals surface area contributed by atoms with Crippen LogP contribution in [0.2, 0.25) is 0 Å². The summed E-state index contributed by atoms with van der Waals surface area (Å²) in [5.74, 6) is -0.904. The molecule has 0 aliphatic carbocycles. The molecule has 0 aromatic carbocycles. The van der Waals surface area contributed by atoms with Gasteiger partial charge in [-0.15, -0.1) is 0 Å². The molecule has 6 heteroatoms. The molecule has 0 aliphatic rings. The average molecular weight is 899 g/mol. The largest absolute Gasteiger partial charge is 0.462 e. The van der Waals surface area contributed by atoms with Crippen molar-refractivity contribution in [3.05, 3.63) is 36.5 Å². The van der Waals surface area contributed by atoms with Gasteiger partial charge >= 0.3 is 17.9 Å². The summed E-state index contributed by atoms with van der Waals surface area (Å²) < 4.78 is 16.8. The summed E-state index contributed by atoms with van der Waals surface area (Å²) in [4.78, 5) is 38.0. The van der Waals surface area contributed by atoms with E-state index in [0.717, 1.165) is 77.0 Å². The number of ether oxygens (including phenoxy) is 3. The van der Waals surface area contributed by atoms with Crippen LogP contribution < -0.4 is 0 Å². The summed E-state index contributed by atoms with van der Waals surface area (Å²) in [7, 11) is 0. The maximum Gasteiger partial charge on any atom is 0.306 e. The van der Waals surface area contributed by atoms with Crippen LogP contribution in [0.3, 0.4) is 0 Å². The van der Waals surface area contributed by atoms with Crippen molar-refractivity contribution in [2.75, 3.05) is 13.2 Å². The number of hydrogen-bond donors (Lipinski definition) is 0. The Hall–Kier alpha value is -2.37. The second-order valence-electron chi connectivity index (χ2n) is 18.9. The van der Waals surface area contributed by atoms with Gasteiger partial charge in [-0.25, -0.2) is 0 Å². The fraction of sp³-hybridized carbons (Fsp3) is 0.845. The van der Waals surface area contributed by atoms with E-state index < -0.39 is 6.10 Å². The molecule has 0 aromatic heterocycles. The smallest absolute Gasteiger partial charge is 0.306 e. The number of allylic oxidation sites excluding steroid dienone is 6. The number of rotatable bonds is 51. The van der Waals surface area contributed by atoms with Crippen molar-refractivity contribution in [2.24, 2.45) is 0 Å². The topological polar surface area (TPSA) is 78.9 Å². The fourth-order valence-electron chi connectivity index (χ4n) is 8.14. The molecule has 0 spiro atoms. The van der Waals surface area contributed by atoms with E-state index in [0.29, 0.717) is 19.3 Å². The lowest BCUT2D eigenvalue weighted by molar-refractivity contribution is -0.167. The van der Waals surface area contributed by atoms with Crippen molar-refractivity contribution in [1.29, 1.82) is 0 Å².